The predicted octanol–water partition coefficient (Wildman–Crippen LogP) is 1.06. The number of ether oxygens (including phenoxy) is 2. The third-order valence-electron chi connectivity index (χ3n) is 4.48. The Morgan fingerprint density at radius 2 is 2.05 bits per heavy atom. The van der Waals surface area contributed by atoms with Gasteiger partial charge in [0.2, 0.25) is 0 Å². The van der Waals surface area contributed by atoms with Crippen molar-refractivity contribution in [3.63, 3.8) is 0 Å². The molecule has 2 N–H and O–H groups in total. The van der Waals surface area contributed by atoms with Gasteiger partial charge in [-0.1, -0.05) is 13.8 Å². The average Bonchev–Trinajstić information content (AvgIpc) is 2.43. The van der Waals surface area contributed by atoms with Gasteiger partial charge in [-0.05, 0) is 25.2 Å². The zero-order valence-electron chi connectivity index (χ0n) is 13.2. The maximum Gasteiger partial charge on any atom is 0.323 e. The largest absolute Gasteiger partial charge is 0.469 e. The molecule has 0 saturated heterocycles. The molecule has 1 aliphatic carbocycles. The zero-order chi connectivity index (χ0) is 16.2. The first-order valence-corrected chi connectivity index (χ1v) is 7.26. The molecule has 0 radical (unpaired) electrons. The maximum absolute atomic E-state index is 12.3. The van der Waals surface area contributed by atoms with Gasteiger partial charge in [0.25, 0.3) is 0 Å². The van der Waals surface area contributed by atoms with Gasteiger partial charge in [-0.25, -0.2) is 0 Å². The van der Waals surface area contributed by atoms with Crippen LogP contribution in [-0.4, -0.2) is 37.5 Å². The lowest BCUT2D eigenvalue weighted by atomic mass is 9.62. The third-order valence-corrected chi connectivity index (χ3v) is 4.48. The second kappa shape index (κ2) is 7.02. The van der Waals surface area contributed by atoms with Crippen LogP contribution in [-0.2, 0) is 23.9 Å². The molecular formula is C15H25NO5. The van der Waals surface area contributed by atoms with E-state index in [4.69, 9.17) is 15.2 Å². The summed E-state index contributed by atoms with van der Waals surface area (Å²) in [7, 11) is 1.32. The Morgan fingerprint density at radius 1 is 1.43 bits per heavy atom. The normalized spacial score (nSPS) is 26.0. The molecule has 1 rings (SSSR count). The standard InChI is InChI=1S/C15H25NO5/c1-5-21-14(19)13(16)9-6-10(8-12(18)20-4)15(2,3)11(17)7-9/h9-10,13H,5-8,16H2,1-4H3/t9?,10-,13?/m0/s1. The molecule has 0 bridgehead atoms. The molecule has 0 aromatic carbocycles. The van der Waals surface area contributed by atoms with Gasteiger partial charge in [-0.15, -0.1) is 0 Å². The second-order valence-electron chi connectivity index (χ2n) is 6.10. The molecule has 0 spiro atoms. The van der Waals surface area contributed by atoms with Crippen molar-refractivity contribution >= 4 is 17.7 Å². The van der Waals surface area contributed by atoms with Crippen LogP contribution in [0.2, 0.25) is 0 Å². The van der Waals surface area contributed by atoms with E-state index in [9.17, 15) is 14.4 Å². The minimum atomic E-state index is -0.829. The summed E-state index contributed by atoms with van der Waals surface area (Å²) in [4.78, 5) is 35.6. The average molecular weight is 299 g/mol. The Labute approximate surface area is 125 Å². The monoisotopic (exact) mass is 299 g/mol. The highest BCUT2D eigenvalue weighted by molar-refractivity contribution is 5.87. The highest BCUT2D eigenvalue weighted by Gasteiger charge is 2.46. The molecule has 0 amide bonds. The minimum Gasteiger partial charge on any atom is -0.469 e. The van der Waals surface area contributed by atoms with Crippen molar-refractivity contribution in [2.24, 2.45) is 23.0 Å². The summed E-state index contributed by atoms with van der Waals surface area (Å²) in [6.07, 6.45) is 0.930. The molecule has 6 nitrogen and oxygen atoms in total. The second-order valence-corrected chi connectivity index (χ2v) is 6.10. The van der Waals surface area contributed by atoms with Gasteiger partial charge in [0.05, 0.1) is 13.7 Å². The highest BCUT2D eigenvalue weighted by atomic mass is 16.5. The van der Waals surface area contributed by atoms with Crippen LogP contribution in [0.1, 0.15) is 40.0 Å². The van der Waals surface area contributed by atoms with Gasteiger partial charge < -0.3 is 15.2 Å². The Bertz CT molecular complexity index is 418. The van der Waals surface area contributed by atoms with Crippen LogP contribution in [0.25, 0.3) is 0 Å². The SMILES string of the molecule is CCOC(=O)C(N)C1CC(=O)C(C)(C)[C@H](CC(=O)OC)C1. The number of hydrogen-bond acceptors (Lipinski definition) is 6. The molecule has 3 atom stereocenters. The molecule has 0 aliphatic heterocycles. The zero-order valence-corrected chi connectivity index (χ0v) is 13.2. The quantitative estimate of drug-likeness (QED) is 0.763. The predicted molar refractivity (Wildman–Crippen MR) is 76.2 cm³/mol. The number of rotatable bonds is 5. The van der Waals surface area contributed by atoms with E-state index >= 15 is 0 Å². The molecule has 0 aromatic heterocycles. The Balaban J connectivity index is 2.85. The molecule has 1 saturated carbocycles. The number of Topliss-reactive ketones (excluding diaryl/α,β-unsaturated/α-hetero) is 1. The number of methoxy groups -OCH3 is 1. The number of hydrogen-bond donors (Lipinski definition) is 1. The lowest BCUT2D eigenvalue weighted by molar-refractivity contribution is -0.149. The van der Waals surface area contributed by atoms with Crippen LogP contribution in [0.15, 0.2) is 0 Å². The molecular weight excluding hydrogens is 274 g/mol. The fourth-order valence-corrected chi connectivity index (χ4v) is 2.80. The van der Waals surface area contributed by atoms with Gasteiger partial charge in [0, 0.05) is 18.3 Å². The van der Waals surface area contributed by atoms with Crippen LogP contribution < -0.4 is 5.73 Å². The van der Waals surface area contributed by atoms with Crippen LogP contribution in [0.4, 0.5) is 0 Å². The molecule has 0 heterocycles. The van der Waals surface area contributed by atoms with Crippen molar-refractivity contribution in [2.45, 2.75) is 46.1 Å². The molecule has 21 heavy (non-hydrogen) atoms. The Morgan fingerprint density at radius 3 is 2.57 bits per heavy atom. The van der Waals surface area contributed by atoms with E-state index in [1.807, 2.05) is 13.8 Å². The number of carbonyl (C=O) groups is 3. The summed E-state index contributed by atoms with van der Waals surface area (Å²) in [5, 5.41) is 0. The van der Waals surface area contributed by atoms with E-state index in [1.54, 1.807) is 6.92 Å². The first-order valence-electron chi connectivity index (χ1n) is 7.26. The lowest BCUT2D eigenvalue weighted by Gasteiger charge is -2.41. The van der Waals surface area contributed by atoms with Gasteiger partial charge in [0.1, 0.15) is 11.8 Å². The van der Waals surface area contributed by atoms with E-state index in [2.05, 4.69) is 0 Å². The molecule has 6 heteroatoms. The van der Waals surface area contributed by atoms with Crippen LogP contribution >= 0.6 is 0 Å². The van der Waals surface area contributed by atoms with Crippen LogP contribution in [0.3, 0.4) is 0 Å². The molecule has 0 aromatic rings. The first kappa shape index (κ1) is 17.6. The molecule has 120 valence electrons. The third kappa shape index (κ3) is 4.03. The van der Waals surface area contributed by atoms with Gasteiger partial charge in [0.15, 0.2) is 0 Å². The topological polar surface area (TPSA) is 95.7 Å². The van der Waals surface area contributed by atoms with Crippen molar-refractivity contribution in [1.29, 1.82) is 0 Å². The summed E-state index contributed by atoms with van der Waals surface area (Å²) < 4.78 is 9.60. The number of esters is 2. The molecule has 1 aliphatic rings. The van der Waals surface area contributed by atoms with Crippen molar-refractivity contribution in [1.82, 2.24) is 0 Å². The number of nitrogens with two attached hydrogens (primary N) is 1. The molecule has 2 unspecified atom stereocenters. The smallest absolute Gasteiger partial charge is 0.323 e. The van der Waals surface area contributed by atoms with E-state index in [-0.39, 0.29) is 43.0 Å². The highest BCUT2D eigenvalue weighted by Crippen LogP contribution is 2.43. The summed E-state index contributed by atoms with van der Waals surface area (Å²) in [5.74, 6) is -1.30. The van der Waals surface area contributed by atoms with E-state index in [1.165, 1.54) is 7.11 Å². The lowest BCUT2D eigenvalue weighted by Crippen LogP contribution is -2.49. The van der Waals surface area contributed by atoms with Gasteiger partial charge >= 0.3 is 11.9 Å². The fourth-order valence-electron chi connectivity index (χ4n) is 2.80. The number of ketones is 1. The van der Waals surface area contributed by atoms with Crippen LogP contribution in [0, 0.1) is 17.3 Å². The Hall–Kier alpha value is -1.43. The summed E-state index contributed by atoms with van der Waals surface area (Å²) in [6, 6.07) is -0.829. The summed E-state index contributed by atoms with van der Waals surface area (Å²) in [5.41, 5.74) is 5.30. The van der Waals surface area contributed by atoms with E-state index in [0.29, 0.717) is 6.42 Å². The van der Waals surface area contributed by atoms with Gasteiger partial charge in [-0.2, -0.15) is 0 Å². The molecule has 1 fully saturated rings. The van der Waals surface area contributed by atoms with Gasteiger partial charge in [-0.3, -0.25) is 14.4 Å². The van der Waals surface area contributed by atoms with Crippen molar-refractivity contribution in [3.8, 4) is 0 Å². The van der Waals surface area contributed by atoms with Crippen LogP contribution in [0.5, 0.6) is 0 Å². The first-order chi connectivity index (χ1) is 9.73. The van der Waals surface area contributed by atoms with Crippen molar-refractivity contribution in [3.05, 3.63) is 0 Å². The van der Waals surface area contributed by atoms with Crippen molar-refractivity contribution < 1.29 is 23.9 Å². The van der Waals surface area contributed by atoms with E-state index < -0.39 is 17.4 Å². The number of carbonyl (C=O) groups excluding carboxylic acids is 3. The maximum atomic E-state index is 12.3. The van der Waals surface area contributed by atoms with E-state index in [0.717, 1.165) is 0 Å². The summed E-state index contributed by atoms with van der Waals surface area (Å²) >= 11 is 0. The minimum absolute atomic E-state index is 0.0207. The fraction of sp³-hybridized carbons (Fsp3) is 0.800. The Kier molecular flexibility index (Phi) is 5.89. The summed E-state index contributed by atoms with van der Waals surface area (Å²) in [6.45, 7) is 5.62. The van der Waals surface area contributed by atoms with Crippen molar-refractivity contribution in [2.75, 3.05) is 13.7 Å².